The van der Waals surface area contributed by atoms with E-state index >= 15 is 0 Å². The van der Waals surface area contributed by atoms with Gasteiger partial charge < -0.3 is 15.4 Å². The molecule has 1 saturated heterocycles. The van der Waals surface area contributed by atoms with E-state index in [0.29, 0.717) is 26.1 Å². The smallest absolute Gasteiger partial charge is 0.242 e. The van der Waals surface area contributed by atoms with Crippen molar-refractivity contribution in [2.24, 2.45) is 5.73 Å². The zero-order valence-electron chi connectivity index (χ0n) is 13.0. The maximum atomic E-state index is 12.6. The summed E-state index contributed by atoms with van der Waals surface area (Å²) in [6, 6.07) is 10.2. The lowest BCUT2D eigenvalue weighted by Gasteiger charge is -2.37. The molecule has 2 N–H and O–H groups in total. The van der Waals surface area contributed by atoms with Crippen molar-refractivity contribution in [3.8, 4) is 0 Å². The topological polar surface area (TPSA) is 55.6 Å². The van der Waals surface area contributed by atoms with Gasteiger partial charge in [0.1, 0.15) is 0 Å². The van der Waals surface area contributed by atoms with Crippen LogP contribution in [0.25, 0.3) is 0 Å². The fourth-order valence-electron chi connectivity index (χ4n) is 2.89. The van der Waals surface area contributed by atoms with Gasteiger partial charge in [-0.1, -0.05) is 43.7 Å². The number of carbonyl (C=O) groups excluding carboxylic acids is 1. The van der Waals surface area contributed by atoms with Crippen LogP contribution in [0.1, 0.15) is 32.3 Å². The highest BCUT2D eigenvalue weighted by molar-refractivity contribution is 5.85. The van der Waals surface area contributed by atoms with Crippen LogP contribution in [-0.4, -0.2) is 42.1 Å². The average Bonchev–Trinajstić information content (AvgIpc) is 2.48. The SMILES string of the molecule is CCCC(C)(N)C(=O)N1CCOC(Cc2ccccc2)C1. The molecule has 0 spiro atoms. The number of hydrogen-bond donors (Lipinski definition) is 1. The van der Waals surface area contributed by atoms with E-state index in [1.807, 2.05) is 30.0 Å². The van der Waals surface area contributed by atoms with Gasteiger partial charge in [-0.2, -0.15) is 0 Å². The molecule has 21 heavy (non-hydrogen) atoms. The summed E-state index contributed by atoms with van der Waals surface area (Å²) in [6.07, 6.45) is 2.52. The van der Waals surface area contributed by atoms with Crippen LogP contribution in [0.4, 0.5) is 0 Å². The second-order valence-corrected chi connectivity index (χ2v) is 6.10. The molecular formula is C17H26N2O2. The number of morpholine rings is 1. The van der Waals surface area contributed by atoms with Crippen molar-refractivity contribution in [2.45, 2.75) is 44.8 Å². The van der Waals surface area contributed by atoms with Crippen LogP contribution in [0.5, 0.6) is 0 Å². The number of hydrogen-bond acceptors (Lipinski definition) is 3. The molecule has 2 unspecified atom stereocenters. The van der Waals surface area contributed by atoms with E-state index in [4.69, 9.17) is 10.5 Å². The van der Waals surface area contributed by atoms with E-state index in [2.05, 4.69) is 19.1 Å². The molecule has 0 radical (unpaired) electrons. The Morgan fingerprint density at radius 3 is 2.81 bits per heavy atom. The molecule has 0 bridgehead atoms. The molecule has 1 heterocycles. The zero-order chi connectivity index (χ0) is 15.3. The molecular weight excluding hydrogens is 264 g/mol. The Bertz CT molecular complexity index is 459. The molecule has 1 amide bonds. The molecule has 1 aromatic carbocycles. The lowest BCUT2D eigenvalue weighted by Crippen LogP contribution is -2.57. The Kier molecular flexibility index (Phi) is 5.37. The van der Waals surface area contributed by atoms with Gasteiger partial charge in [-0.15, -0.1) is 0 Å². The first-order valence-corrected chi connectivity index (χ1v) is 7.76. The fraction of sp³-hybridized carbons (Fsp3) is 0.588. The van der Waals surface area contributed by atoms with Gasteiger partial charge in [0.2, 0.25) is 5.91 Å². The summed E-state index contributed by atoms with van der Waals surface area (Å²) < 4.78 is 5.80. The van der Waals surface area contributed by atoms with Crippen molar-refractivity contribution in [3.63, 3.8) is 0 Å². The minimum Gasteiger partial charge on any atom is -0.374 e. The standard InChI is InChI=1S/C17H26N2O2/c1-3-9-17(2,18)16(20)19-10-11-21-15(13-19)12-14-7-5-4-6-8-14/h4-8,15H,3,9-13,18H2,1-2H3. The molecule has 1 aliphatic heterocycles. The Balaban J connectivity index is 1.96. The third kappa shape index (κ3) is 4.29. The predicted molar refractivity (Wildman–Crippen MR) is 84.0 cm³/mol. The van der Waals surface area contributed by atoms with Gasteiger partial charge >= 0.3 is 0 Å². The monoisotopic (exact) mass is 290 g/mol. The van der Waals surface area contributed by atoms with Crippen molar-refractivity contribution in [1.82, 2.24) is 4.90 Å². The van der Waals surface area contributed by atoms with Gasteiger partial charge in [-0.05, 0) is 18.9 Å². The van der Waals surface area contributed by atoms with Crippen LogP contribution in [-0.2, 0) is 16.0 Å². The van der Waals surface area contributed by atoms with E-state index in [0.717, 1.165) is 12.8 Å². The molecule has 1 aliphatic rings. The number of benzene rings is 1. The normalized spacial score (nSPS) is 21.9. The molecule has 1 aromatic rings. The van der Waals surface area contributed by atoms with Crippen molar-refractivity contribution in [2.75, 3.05) is 19.7 Å². The minimum absolute atomic E-state index is 0.0470. The summed E-state index contributed by atoms with van der Waals surface area (Å²) >= 11 is 0. The maximum absolute atomic E-state index is 12.6. The number of amides is 1. The van der Waals surface area contributed by atoms with Crippen LogP contribution in [0, 0.1) is 0 Å². The first-order valence-electron chi connectivity index (χ1n) is 7.76. The minimum atomic E-state index is -0.761. The molecule has 2 rings (SSSR count). The summed E-state index contributed by atoms with van der Waals surface area (Å²) in [5.74, 6) is 0.0470. The molecule has 0 aliphatic carbocycles. The summed E-state index contributed by atoms with van der Waals surface area (Å²) in [5, 5.41) is 0. The highest BCUT2D eigenvalue weighted by atomic mass is 16.5. The highest BCUT2D eigenvalue weighted by Gasteiger charge is 2.34. The maximum Gasteiger partial charge on any atom is 0.242 e. The average molecular weight is 290 g/mol. The number of carbonyl (C=O) groups is 1. The molecule has 116 valence electrons. The van der Waals surface area contributed by atoms with Crippen LogP contribution in [0.3, 0.4) is 0 Å². The largest absolute Gasteiger partial charge is 0.374 e. The third-order valence-electron chi connectivity index (χ3n) is 3.99. The van der Waals surface area contributed by atoms with Gasteiger partial charge in [0.05, 0.1) is 18.2 Å². The lowest BCUT2D eigenvalue weighted by molar-refractivity contribution is -0.144. The van der Waals surface area contributed by atoms with Gasteiger partial charge in [0.15, 0.2) is 0 Å². The summed E-state index contributed by atoms with van der Waals surface area (Å²) in [5.41, 5.74) is 6.64. The fourth-order valence-corrected chi connectivity index (χ4v) is 2.89. The highest BCUT2D eigenvalue weighted by Crippen LogP contribution is 2.17. The van der Waals surface area contributed by atoms with Crippen LogP contribution in [0.2, 0.25) is 0 Å². The molecule has 0 aromatic heterocycles. The Morgan fingerprint density at radius 1 is 1.43 bits per heavy atom. The van der Waals surface area contributed by atoms with Crippen molar-refractivity contribution in [3.05, 3.63) is 35.9 Å². The number of nitrogens with zero attached hydrogens (tertiary/aromatic N) is 1. The summed E-state index contributed by atoms with van der Waals surface area (Å²) in [4.78, 5) is 14.4. The van der Waals surface area contributed by atoms with Crippen LogP contribution >= 0.6 is 0 Å². The predicted octanol–water partition coefficient (Wildman–Crippen LogP) is 1.97. The number of nitrogens with two attached hydrogens (primary N) is 1. The number of ether oxygens (including phenoxy) is 1. The van der Waals surface area contributed by atoms with E-state index in [9.17, 15) is 4.79 Å². The summed E-state index contributed by atoms with van der Waals surface area (Å²) in [6.45, 7) is 5.74. The first kappa shape index (κ1) is 16.0. The lowest BCUT2D eigenvalue weighted by atomic mass is 9.95. The van der Waals surface area contributed by atoms with Crippen LogP contribution in [0.15, 0.2) is 30.3 Å². The molecule has 2 atom stereocenters. The Labute approximate surface area is 127 Å². The van der Waals surface area contributed by atoms with Crippen molar-refractivity contribution in [1.29, 1.82) is 0 Å². The van der Waals surface area contributed by atoms with Gasteiger partial charge in [-0.25, -0.2) is 0 Å². The van der Waals surface area contributed by atoms with Crippen molar-refractivity contribution < 1.29 is 9.53 Å². The Morgan fingerprint density at radius 2 is 2.14 bits per heavy atom. The molecule has 0 saturated carbocycles. The second-order valence-electron chi connectivity index (χ2n) is 6.10. The third-order valence-corrected chi connectivity index (χ3v) is 3.99. The van der Waals surface area contributed by atoms with E-state index in [1.165, 1.54) is 5.56 Å². The van der Waals surface area contributed by atoms with E-state index < -0.39 is 5.54 Å². The quantitative estimate of drug-likeness (QED) is 0.902. The Hall–Kier alpha value is -1.39. The number of rotatable bonds is 5. The molecule has 4 nitrogen and oxygen atoms in total. The van der Waals surface area contributed by atoms with Gasteiger partial charge in [0.25, 0.3) is 0 Å². The van der Waals surface area contributed by atoms with Gasteiger partial charge in [0, 0.05) is 19.5 Å². The zero-order valence-corrected chi connectivity index (χ0v) is 13.0. The molecule has 1 fully saturated rings. The molecule has 4 heteroatoms. The second kappa shape index (κ2) is 7.05. The van der Waals surface area contributed by atoms with Crippen LogP contribution < -0.4 is 5.73 Å². The summed E-state index contributed by atoms with van der Waals surface area (Å²) in [7, 11) is 0. The van der Waals surface area contributed by atoms with Crippen molar-refractivity contribution >= 4 is 5.91 Å². The first-order chi connectivity index (χ1) is 10.0. The van der Waals surface area contributed by atoms with E-state index in [-0.39, 0.29) is 12.0 Å². The van der Waals surface area contributed by atoms with E-state index in [1.54, 1.807) is 0 Å². The van der Waals surface area contributed by atoms with Gasteiger partial charge in [-0.3, -0.25) is 4.79 Å².